The molecular formula is C26H24F3N3O4. The lowest BCUT2D eigenvalue weighted by molar-refractivity contribution is -0.228. The van der Waals surface area contributed by atoms with Gasteiger partial charge in [-0.25, -0.2) is 10.1 Å². The third-order valence-electron chi connectivity index (χ3n) is 5.95. The van der Waals surface area contributed by atoms with Gasteiger partial charge in [0.2, 0.25) is 0 Å². The lowest BCUT2D eigenvalue weighted by Gasteiger charge is -2.32. The standard InChI is InChI=1S/C26H24F3N3O4/c1-3-35-21-14-8-10-18(16-21)17-9-7-13-20(15-17)24(19-11-5-4-6-12-19)22(33)32(2)26(30,31-24)36-23(34)25(27,28)29/h4-16,31H,3,30H2,1-2H3. The van der Waals surface area contributed by atoms with Crippen molar-refractivity contribution in [3.05, 3.63) is 90.0 Å². The fourth-order valence-electron chi connectivity index (χ4n) is 4.21. The van der Waals surface area contributed by atoms with Crippen molar-refractivity contribution in [1.82, 2.24) is 10.2 Å². The number of hydrogen-bond acceptors (Lipinski definition) is 6. The van der Waals surface area contributed by atoms with E-state index in [-0.39, 0.29) is 0 Å². The Hall–Kier alpha value is -3.89. The van der Waals surface area contributed by atoms with Crippen molar-refractivity contribution < 1.29 is 32.2 Å². The first-order valence-electron chi connectivity index (χ1n) is 11.1. The van der Waals surface area contributed by atoms with Crippen molar-refractivity contribution in [3.8, 4) is 16.9 Å². The zero-order valence-corrected chi connectivity index (χ0v) is 19.5. The number of ether oxygens (including phenoxy) is 2. The Balaban J connectivity index is 1.85. The molecule has 0 radical (unpaired) electrons. The molecule has 0 aliphatic carbocycles. The molecule has 0 bridgehead atoms. The summed E-state index contributed by atoms with van der Waals surface area (Å²) in [4.78, 5) is 26.2. The van der Waals surface area contributed by atoms with Crippen LogP contribution < -0.4 is 15.8 Å². The number of nitrogens with two attached hydrogens (primary N) is 1. The van der Waals surface area contributed by atoms with Crippen molar-refractivity contribution in [2.45, 2.75) is 24.6 Å². The van der Waals surface area contributed by atoms with Crippen LogP contribution in [0.25, 0.3) is 11.1 Å². The van der Waals surface area contributed by atoms with Crippen LogP contribution in [0.15, 0.2) is 78.9 Å². The number of nitrogens with one attached hydrogen (secondary N) is 1. The lowest BCUT2D eigenvalue weighted by Crippen LogP contribution is -2.64. The van der Waals surface area contributed by atoms with E-state index in [9.17, 15) is 22.8 Å². The van der Waals surface area contributed by atoms with Crippen LogP contribution in [0.5, 0.6) is 5.75 Å². The van der Waals surface area contributed by atoms with Gasteiger partial charge in [0.05, 0.1) is 6.61 Å². The maximum atomic E-state index is 13.8. The van der Waals surface area contributed by atoms with Gasteiger partial charge in [0, 0.05) is 7.05 Å². The van der Waals surface area contributed by atoms with Crippen LogP contribution in [0.2, 0.25) is 0 Å². The molecule has 1 aliphatic heterocycles. The minimum absolute atomic E-state index is 0.389. The first-order valence-corrected chi connectivity index (χ1v) is 11.1. The maximum Gasteiger partial charge on any atom is 0.491 e. The summed E-state index contributed by atoms with van der Waals surface area (Å²) >= 11 is 0. The molecule has 2 unspecified atom stereocenters. The zero-order chi connectivity index (χ0) is 26.1. The number of halogens is 3. The highest BCUT2D eigenvalue weighted by atomic mass is 19.4. The SMILES string of the molecule is CCOc1cccc(-c2cccc(C3(c4ccccc4)NC(N)(OC(=O)C(F)(F)F)N(C)C3=O)c2)c1. The maximum absolute atomic E-state index is 13.8. The average Bonchev–Trinajstić information content (AvgIpc) is 3.06. The van der Waals surface area contributed by atoms with Gasteiger partial charge in [-0.15, -0.1) is 0 Å². The summed E-state index contributed by atoms with van der Waals surface area (Å²) in [7, 11) is 1.17. The molecule has 188 valence electrons. The normalized spacial score (nSPS) is 21.9. The van der Waals surface area contributed by atoms with Gasteiger partial charge in [0.15, 0.2) is 5.54 Å². The third-order valence-corrected chi connectivity index (χ3v) is 5.95. The molecule has 3 aromatic rings. The fraction of sp³-hybridized carbons (Fsp3) is 0.231. The Morgan fingerprint density at radius 3 is 2.22 bits per heavy atom. The highest BCUT2D eigenvalue weighted by Crippen LogP contribution is 2.41. The van der Waals surface area contributed by atoms with Crippen LogP contribution in [0.1, 0.15) is 18.1 Å². The Morgan fingerprint density at radius 2 is 1.58 bits per heavy atom. The molecule has 1 saturated heterocycles. The van der Waals surface area contributed by atoms with Gasteiger partial charge in [0.1, 0.15) is 5.75 Å². The predicted octanol–water partition coefficient (Wildman–Crippen LogP) is 3.73. The molecule has 0 saturated carbocycles. The molecule has 3 N–H and O–H groups in total. The van der Waals surface area contributed by atoms with Crippen LogP contribution in [0, 0.1) is 0 Å². The van der Waals surface area contributed by atoms with E-state index in [1.165, 1.54) is 7.05 Å². The Kier molecular flexibility index (Phi) is 6.50. The van der Waals surface area contributed by atoms with Gasteiger partial charge in [-0.1, -0.05) is 60.7 Å². The number of benzene rings is 3. The molecular weight excluding hydrogens is 475 g/mol. The molecule has 10 heteroatoms. The smallest absolute Gasteiger partial charge is 0.491 e. The van der Waals surface area contributed by atoms with E-state index >= 15 is 0 Å². The van der Waals surface area contributed by atoms with Crippen molar-refractivity contribution in [2.24, 2.45) is 5.73 Å². The van der Waals surface area contributed by atoms with Gasteiger partial charge in [-0.3, -0.25) is 15.4 Å². The van der Waals surface area contributed by atoms with E-state index in [0.29, 0.717) is 23.5 Å². The number of amides is 1. The molecule has 7 nitrogen and oxygen atoms in total. The number of nitrogens with zero attached hydrogens (tertiary/aromatic N) is 1. The summed E-state index contributed by atoms with van der Waals surface area (Å²) in [6.45, 7) is 2.36. The summed E-state index contributed by atoms with van der Waals surface area (Å²) in [6.07, 6.45) is -5.30. The van der Waals surface area contributed by atoms with E-state index < -0.39 is 29.6 Å². The molecule has 4 rings (SSSR count). The van der Waals surface area contributed by atoms with E-state index in [0.717, 1.165) is 16.0 Å². The second-order valence-corrected chi connectivity index (χ2v) is 8.23. The molecule has 0 aromatic heterocycles. The van der Waals surface area contributed by atoms with Gasteiger partial charge in [0.25, 0.3) is 5.91 Å². The molecule has 1 heterocycles. The quantitative estimate of drug-likeness (QED) is 0.397. The zero-order valence-electron chi connectivity index (χ0n) is 19.5. The van der Waals surface area contributed by atoms with Gasteiger partial charge in [-0.2, -0.15) is 13.2 Å². The number of carbonyl (C=O) groups is 2. The number of likely N-dealkylation sites (N-methyl/N-ethyl adjacent to an activating group) is 1. The topological polar surface area (TPSA) is 93.9 Å². The highest BCUT2D eigenvalue weighted by molar-refractivity contribution is 5.95. The van der Waals surface area contributed by atoms with Gasteiger partial charge < -0.3 is 9.47 Å². The Morgan fingerprint density at radius 1 is 0.972 bits per heavy atom. The molecule has 2 atom stereocenters. The summed E-state index contributed by atoms with van der Waals surface area (Å²) in [5, 5.41) is 2.71. The predicted molar refractivity (Wildman–Crippen MR) is 125 cm³/mol. The summed E-state index contributed by atoms with van der Waals surface area (Å²) < 4.78 is 49.1. The molecule has 1 fully saturated rings. The average molecular weight is 499 g/mol. The third kappa shape index (κ3) is 4.40. The monoisotopic (exact) mass is 499 g/mol. The van der Waals surface area contributed by atoms with Crippen LogP contribution in [0.4, 0.5) is 13.2 Å². The van der Waals surface area contributed by atoms with E-state index in [2.05, 4.69) is 10.1 Å². The molecule has 1 amide bonds. The molecule has 1 aliphatic rings. The minimum Gasteiger partial charge on any atom is -0.494 e. The minimum atomic E-state index is -5.30. The second kappa shape index (κ2) is 9.29. The number of hydrogen-bond donors (Lipinski definition) is 2. The van der Waals surface area contributed by atoms with Crippen molar-refractivity contribution >= 4 is 11.9 Å². The van der Waals surface area contributed by atoms with Gasteiger partial charge >= 0.3 is 18.1 Å². The summed E-state index contributed by atoms with van der Waals surface area (Å²) in [5.41, 5.74) is 6.65. The Bertz CT molecular complexity index is 1280. The highest BCUT2D eigenvalue weighted by Gasteiger charge is 2.62. The molecule has 3 aromatic carbocycles. The second-order valence-electron chi connectivity index (χ2n) is 8.23. The van der Waals surface area contributed by atoms with Gasteiger partial charge in [-0.05, 0) is 47.4 Å². The van der Waals surface area contributed by atoms with Crippen molar-refractivity contribution in [2.75, 3.05) is 13.7 Å². The first-order chi connectivity index (χ1) is 17.0. The largest absolute Gasteiger partial charge is 0.494 e. The number of alkyl halides is 3. The van der Waals surface area contributed by atoms with Crippen molar-refractivity contribution in [3.63, 3.8) is 0 Å². The summed E-state index contributed by atoms with van der Waals surface area (Å²) in [6, 6.07) is 22.6. The number of rotatable bonds is 6. The van der Waals surface area contributed by atoms with Crippen LogP contribution >= 0.6 is 0 Å². The van der Waals surface area contributed by atoms with Crippen molar-refractivity contribution in [1.29, 1.82) is 0 Å². The number of esters is 1. The Labute approximate surface area is 205 Å². The van der Waals surface area contributed by atoms with Crippen LogP contribution in [0.3, 0.4) is 0 Å². The van der Waals surface area contributed by atoms with E-state index in [1.54, 1.807) is 48.5 Å². The molecule has 36 heavy (non-hydrogen) atoms. The van der Waals surface area contributed by atoms with E-state index in [4.69, 9.17) is 10.5 Å². The van der Waals surface area contributed by atoms with Crippen LogP contribution in [-0.2, 0) is 19.9 Å². The lowest BCUT2D eigenvalue weighted by atomic mass is 9.81. The fourth-order valence-corrected chi connectivity index (χ4v) is 4.21. The summed E-state index contributed by atoms with van der Waals surface area (Å²) in [5.74, 6) is -5.13. The van der Waals surface area contributed by atoms with E-state index in [1.807, 2.05) is 37.3 Å². The number of carbonyl (C=O) groups excluding carboxylic acids is 2. The van der Waals surface area contributed by atoms with Crippen LogP contribution in [-0.4, -0.2) is 42.6 Å². The first kappa shape index (κ1) is 25.2. The molecule has 0 spiro atoms.